The first-order valence-electron chi connectivity index (χ1n) is 10.9. The van der Waals surface area contributed by atoms with Crippen molar-refractivity contribution < 1.29 is 9.53 Å². The predicted molar refractivity (Wildman–Crippen MR) is 123 cm³/mol. The molecular formula is C22H27N7O2S. The Bertz CT molecular complexity index is 1130. The molecule has 32 heavy (non-hydrogen) atoms. The highest BCUT2D eigenvalue weighted by Crippen LogP contribution is 2.44. The molecule has 10 heteroatoms. The maximum Gasteiger partial charge on any atom is 0.317 e. The van der Waals surface area contributed by atoms with Crippen LogP contribution < -0.4 is 15.8 Å². The van der Waals surface area contributed by atoms with Crippen LogP contribution in [0.3, 0.4) is 0 Å². The van der Waals surface area contributed by atoms with Gasteiger partial charge in [0.15, 0.2) is 11.6 Å². The van der Waals surface area contributed by atoms with Crippen molar-refractivity contribution in [2.24, 2.45) is 0 Å². The summed E-state index contributed by atoms with van der Waals surface area (Å²) >= 11 is 1.54. The summed E-state index contributed by atoms with van der Waals surface area (Å²) in [5.74, 6) is 0.866. The molecule has 0 bridgehead atoms. The van der Waals surface area contributed by atoms with E-state index < -0.39 is 0 Å². The average Bonchev–Trinajstić information content (AvgIpc) is 3.56. The number of nitrogens with one attached hydrogen (secondary N) is 1. The Morgan fingerprint density at radius 1 is 1.34 bits per heavy atom. The summed E-state index contributed by atoms with van der Waals surface area (Å²) in [6.45, 7) is 6.87. The SMILES string of the molecule is CCNC(=O)N1CC[C@@]2(CCn3nc(-c4cnc(N)c(OC(C)c5nccs5)c4)cc32)C1. The van der Waals surface area contributed by atoms with E-state index in [-0.39, 0.29) is 17.6 Å². The molecule has 0 aliphatic carbocycles. The number of rotatable bonds is 5. The van der Waals surface area contributed by atoms with Crippen molar-refractivity contribution in [3.05, 3.63) is 40.6 Å². The number of nitrogens with zero attached hydrogens (tertiary/aromatic N) is 5. The van der Waals surface area contributed by atoms with E-state index in [4.69, 9.17) is 15.6 Å². The van der Waals surface area contributed by atoms with Crippen molar-refractivity contribution in [1.29, 1.82) is 0 Å². The van der Waals surface area contributed by atoms with Crippen molar-refractivity contribution in [3.63, 3.8) is 0 Å². The number of thiazole rings is 1. The van der Waals surface area contributed by atoms with Gasteiger partial charge in [-0.15, -0.1) is 11.3 Å². The molecule has 3 N–H and O–H groups in total. The molecule has 0 aromatic carbocycles. The van der Waals surface area contributed by atoms with Crippen LogP contribution in [0.5, 0.6) is 5.75 Å². The van der Waals surface area contributed by atoms with Gasteiger partial charge in [0.25, 0.3) is 0 Å². The topological polar surface area (TPSA) is 111 Å². The number of hydrogen-bond donors (Lipinski definition) is 2. The quantitative estimate of drug-likeness (QED) is 0.614. The zero-order valence-corrected chi connectivity index (χ0v) is 19.1. The zero-order chi connectivity index (χ0) is 22.3. The number of pyridine rings is 1. The summed E-state index contributed by atoms with van der Waals surface area (Å²) < 4.78 is 8.14. The highest BCUT2D eigenvalue weighted by molar-refractivity contribution is 7.09. The Labute approximate surface area is 190 Å². The van der Waals surface area contributed by atoms with Crippen molar-refractivity contribution in [2.45, 2.75) is 44.8 Å². The number of likely N-dealkylation sites (tertiary alicyclic amines) is 1. The Morgan fingerprint density at radius 2 is 2.19 bits per heavy atom. The van der Waals surface area contributed by atoms with Gasteiger partial charge in [0, 0.05) is 60.6 Å². The zero-order valence-electron chi connectivity index (χ0n) is 18.2. The predicted octanol–water partition coefficient (Wildman–Crippen LogP) is 3.20. The number of fused-ring (bicyclic) bond motifs is 2. The van der Waals surface area contributed by atoms with E-state index in [0.717, 1.165) is 48.7 Å². The molecule has 1 saturated heterocycles. The number of carbonyl (C=O) groups excluding carboxylic acids is 1. The summed E-state index contributed by atoms with van der Waals surface area (Å²) in [5, 5.41) is 10.6. The number of amides is 2. The second kappa shape index (κ2) is 8.09. The molecular weight excluding hydrogens is 426 g/mol. The summed E-state index contributed by atoms with van der Waals surface area (Å²) in [6.07, 6.45) is 5.23. The molecule has 1 fully saturated rings. The number of urea groups is 1. The second-order valence-electron chi connectivity index (χ2n) is 8.41. The number of hydrogen-bond acceptors (Lipinski definition) is 7. The Hall–Kier alpha value is -3.14. The van der Waals surface area contributed by atoms with Crippen molar-refractivity contribution in [3.8, 4) is 17.0 Å². The van der Waals surface area contributed by atoms with Crippen LogP contribution >= 0.6 is 11.3 Å². The Morgan fingerprint density at radius 3 is 2.97 bits per heavy atom. The molecule has 2 atom stereocenters. The highest BCUT2D eigenvalue weighted by atomic mass is 32.1. The normalized spacial score (nSPS) is 20.5. The van der Waals surface area contributed by atoms with Crippen molar-refractivity contribution >= 4 is 23.2 Å². The van der Waals surface area contributed by atoms with Crippen molar-refractivity contribution in [1.82, 2.24) is 30.0 Å². The van der Waals surface area contributed by atoms with Gasteiger partial charge in [-0.2, -0.15) is 5.10 Å². The van der Waals surface area contributed by atoms with Crippen LogP contribution in [0.25, 0.3) is 11.3 Å². The molecule has 9 nitrogen and oxygen atoms in total. The minimum absolute atomic E-state index is 0.0152. The van der Waals surface area contributed by atoms with E-state index in [1.165, 1.54) is 5.69 Å². The fourth-order valence-electron chi connectivity index (χ4n) is 4.69. The standard InChI is InChI=1S/C22H27N7O2S/c1-3-24-21(30)28-7-4-22(13-28)5-8-29-18(22)11-16(27-29)15-10-17(19(23)26-12-15)31-14(2)20-25-6-9-32-20/h6,9-12,14H,3-5,7-8,13H2,1-2H3,(H2,23,26)(H,24,30)/t14?,22-/m1/s1. The summed E-state index contributed by atoms with van der Waals surface area (Å²) in [7, 11) is 0. The smallest absolute Gasteiger partial charge is 0.317 e. The largest absolute Gasteiger partial charge is 0.480 e. The van der Waals surface area contributed by atoms with E-state index >= 15 is 0 Å². The van der Waals surface area contributed by atoms with E-state index in [1.807, 2.05) is 30.2 Å². The highest BCUT2D eigenvalue weighted by Gasteiger charge is 2.46. The van der Waals surface area contributed by atoms with Crippen LogP contribution in [-0.4, -0.2) is 50.3 Å². The third-order valence-corrected chi connectivity index (χ3v) is 7.31. The molecule has 3 aromatic heterocycles. The number of carbonyl (C=O) groups is 1. The van der Waals surface area contributed by atoms with Gasteiger partial charge in [0.05, 0.1) is 5.69 Å². The number of nitrogens with two attached hydrogens (primary N) is 1. The lowest BCUT2D eigenvalue weighted by molar-refractivity contribution is 0.206. The van der Waals surface area contributed by atoms with E-state index in [1.54, 1.807) is 23.7 Å². The molecule has 0 radical (unpaired) electrons. The number of anilines is 1. The van der Waals surface area contributed by atoms with Gasteiger partial charge in [-0.1, -0.05) is 0 Å². The number of aromatic nitrogens is 4. The van der Waals surface area contributed by atoms with Crippen LogP contribution in [0.15, 0.2) is 29.9 Å². The molecule has 168 valence electrons. The van der Waals surface area contributed by atoms with E-state index in [9.17, 15) is 4.79 Å². The first-order chi connectivity index (χ1) is 15.5. The van der Waals surface area contributed by atoms with Crippen LogP contribution in [0, 0.1) is 0 Å². The van der Waals surface area contributed by atoms with Gasteiger partial charge < -0.3 is 20.7 Å². The molecule has 1 unspecified atom stereocenters. The van der Waals surface area contributed by atoms with Crippen molar-refractivity contribution in [2.75, 3.05) is 25.4 Å². The van der Waals surface area contributed by atoms with Gasteiger partial charge in [-0.3, -0.25) is 4.68 Å². The molecule has 1 spiro atoms. The molecule has 2 amide bonds. The van der Waals surface area contributed by atoms with Crippen LogP contribution in [0.1, 0.15) is 43.5 Å². The molecule has 3 aromatic rings. The third kappa shape index (κ3) is 3.58. The maximum atomic E-state index is 12.3. The van der Waals surface area contributed by atoms with Gasteiger partial charge >= 0.3 is 6.03 Å². The minimum Gasteiger partial charge on any atom is -0.480 e. The molecule has 5 rings (SSSR count). The fraction of sp³-hybridized carbons (Fsp3) is 0.455. The Kier molecular flexibility index (Phi) is 5.24. The van der Waals surface area contributed by atoms with Gasteiger partial charge in [-0.05, 0) is 38.8 Å². The monoisotopic (exact) mass is 453 g/mol. The van der Waals surface area contributed by atoms with Gasteiger partial charge in [0.1, 0.15) is 11.1 Å². The third-order valence-electron chi connectivity index (χ3n) is 6.37. The van der Waals surface area contributed by atoms with E-state index in [2.05, 4.69) is 26.0 Å². The molecule has 5 heterocycles. The summed E-state index contributed by atoms with van der Waals surface area (Å²) in [5.41, 5.74) is 8.94. The maximum absolute atomic E-state index is 12.3. The second-order valence-corrected chi connectivity index (χ2v) is 9.34. The van der Waals surface area contributed by atoms with Gasteiger partial charge in [0.2, 0.25) is 0 Å². The first-order valence-corrected chi connectivity index (χ1v) is 11.8. The number of aryl methyl sites for hydroxylation is 1. The first kappa shape index (κ1) is 20.7. The molecule has 0 saturated carbocycles. The number of ether oxygens (including phenoxy) is 1. The van der Waals surface area contributed by atoms with Crippen LogP contribution in [0.2, 0.25) is 0 Å². The van der Waals surface area contributed by atoms with Crippen LogP contribution in [-0.2, 0) is 12.0 Å². The molecule has 2 aliphatic heterocycles. The Balaban J connectivity index is 1.39. The van der Waals surface area contributed by atoms with Crippen LogP contribution in [0.4, 0.5) is 10.6 Å². The van der Waals surface area contributed by atoms with E-state index in [0.29, 0.717) is 18.1 Å². The average molecular weight is 454 g/mol. The lowest BCUT2D eigenvalue weighted by atomic mass is 9.82. The fourth-order valence-corrected chi connectivity index (χ4v) is 5.31. The summed E-state index contributed by atoms with van der Waals surface area (Å²) in [6, 6.07) is 4.05. The lowest BCUT2D eigenvalue weighted by Crippen LogP contribution is -2.40. The minimum atomic E-state index is -0.219. The lowest BCUT2D eigenvalue weighted by Gasteiger charge is -2.23. The molecule has 2 aliphatic rings. The van der Waals surface area contributed by atoms with Gasteiger partial charge in [-0.25, -0.2) is 14.8 Å². The summed E-state index contributed by atoms with van der Waals surface area (Å²) in [4.78, 5) is 22.9. The number of nitrogen functional groups attached to an aromatic ring is 1.